The molecular weight excluding hydrogens is 312 g/mol. The van der Waals surface area contributed by atoms with Crippen LogP contribution in [0.5, 0.6) is 5.75 Å². The van der Waals surface area contributed by atoms with Crippen molar-refractivity contribution in [2.75, 3.05) is 39.5 Å². The van der Waals surface area contributed by atoms with Crippen LogP contribution in [-0.2, 0) is 4.74 Å². The van der Waals surface area contributed by atoms with E-state index in [-0.39, 0.29) is 12.6 Å². The topological polar surface area (TPSA) is 99.7 Å². The Hall–Kier alpha value is -2.32. The lowest BCUT2D eigenvalue weighted by Gasteiger charge is -2.27. The van der Waals surface area contributed by atoms with Gasteiger partial charge in [0.1, 0.15) is 12.4 Å². The van der Waals surface area contributed by atoms with E-state index in [4.69, 9.17) is 9.47 Å². The lowest BCUT2D eigenvalue weighted by atomic mass is 10.2. The molecule has 1 aromatic heterocycles. The SMILES string of the molecule is O=C(NCC[C@H](O)COc1cccc2[nH]ncc12)N1CCOCC1. The van der Waals surface area contributed by atoms with Crippen LogP contribution in [0.15, 0.2) is 24.4 Å². The van der Waals surface area contributed by atoms with Crippen molar-refractivity contribution in [1.82, 2.24) is 20.4 Å². The minimum absolute atomic E-state index is 0.116. The van der Waals surface area contributed by atoms with Gasteiger partial charge in [-0.1, -0.05) is 6.07 Å². The highest BCUT2D eigenvalue weighted by atomic mass is 16.5. The molecule has 0 radical (unpaired) electrons. The molecule has 130 valence electrons. The number of benzene rings is 1. The van der Waals surface area contributed by atoms with Crippen LogP contribution in [0.2, 0.25) is 0 Å². The summed E-state index contributed by atoms with van der Waals surface area (Å²) in [7, 11) is 0. The molecule has 1 saturated heterocycles. The molecule has 8 heteroatoms. The summed E-state index contributed by atoms with van der Waals surface area (Å²) in [5.41, 5.74) is 0.889. The molecule has 1 aliphatic heterocycles. The molecule has 1 fully saturated rings. The molecule has 1 aromatic carbocycles. The van der Waals surface area contributed by atoms with E-state index in [1.807, 2.05) is 18.2 Å². The van der Waals surface area contributed by atoms with Crippen molar-refractivity contribution in [3.63, 3.8) is 0 Å². The zero-order valence-corrected chi connectivity index (χ0v) is 13.4. The number of hydrogen-bond acceptors (Lipinski definition) is 5. The molecule has 2 heterocycles. The van der Waals surface area contributed by atoms with Gasteiger partial charge in [0.2, 0.25) is 0 Å². The largest absolute Gasteiger partial charge is 0.490 e. The van der Waals surface area contributed by atoms with Gasteiger partial charge in [-0.25, -0.2) is 4.79 Å². The van der Waals surface area contributed by atoms with E-state index in [0.717, 1.165) is 10.9 Å². The van der Waals surface area contributed by atoms with Gasteiger partial charge >= 0.3 is 6.03 Å². The Morgan fingerprint density at radius 3 is 3.12 bits per heavy atom. The fraction of sp³-hybridized carbons (Fsp3) is 0.500. The highest BCUT2D eigenvalue weighted by Crippen LogP contribution is 2.23. The fourth-order valence-electron chi connectivity index (χ4n) is 2.56. The number of carbonyl (C=O) groups is 1. The number of nitrogens with zero attached hydrogens (tertiary/aromatic N) is 2. The quantitative estimate of drug-likeness (QED) is 0.723. The number of carbonyl (C=O) groups excluding carboxylic acids is 1. The van der Waals surface area contributed by atoms with Crippen LogP contribution in [0.3, 0.4) is 0 Å². The van der Waals surface area contributed by atoms with Gasteiger partial charge in [-0.3, -0.25) is 5.10 Å². The van der Waals surface area contributed by atoms with Gasteiger partial charge in [0.15, 0.2) is 0 Å². The summed E-state index contributed by atoms with van der Waals surface area (Å²) in [5.74, 6) is 0.678. The van der Waals surface area contributed by atoms with Gasteiger partial charge in [-0.15, -0.1) is 0 Å². The number of aromatic amines is 1. The van der Waals surface area contributed by atoms with E-state index >= 15 is 0 Å². The maximum absolute atomic E-state index is 11.9. The Balaban J connectivity index is 1.39. The summed E-state index contributed by atoms with van der Waals surface area (Å²) in [6, 6.07) is 5.50. The molecule has 1 aliphatic rings. The average molecular weight is 334 g/mol. The van der Waals surface area contributed by atoms with Gasteiger partial charge in [0, 0.05) is 19.6 Å². The van der Waals surface area contributed by atoms with Crippen LogP contribution in [0.4, 0.5) is 4.79 Å². The minimum Gasteiger partial charge on any atom is -0.490 e. The van der Waals surface area contributed by atoms with Crippen LogP contribution in [0.25, 0.3) is 10.9 Å². The van der Waals surface area contributed by atoms with Crippen molar-refractivity contribution in [2.45, 2.75) is 12.5 Å². The minimum atomic E-state index is -0.655. The predicted molar refractivity (Wildman–Crippen MR) is 88.0 cm³/mol. The average Bonchev–Trinajstić information content (AvgIpc) is 3.10. The summed E-state index contributed by atoms with van der Waals surface area (Å²) >= 11 is 0. The van der Waals surface area contributed by atoms with Crippen LogP contribution < -0.4 is 10.1 Å². The van der Waals surface area contributed by atoms with Gasteiger partial charge in [-0.2, -0.15) is 5.10 Å². The second kappa shape index (κ2) is 7.98. The lowest BCUT2D eigenvalue weighted by molar-refractivity contribution is 0.0525. The van der Waals surface area contributed by atoms with E-state index in [1.165, 1.54) is 0 Å². The Morgan fingerprint density at radius 1 is 1.46 bits per heavy atom. The third-order valence-corrected chi connectivity index (χ3v) is 3.93. The second-order valence-corrected chi connectivity index (χ2v) is 5.67. The highest BCUT2D eigenvalue weighted by Gasteiger charge is 2.16. The predicted octanol–water partition coefficient (Wildman–Crippen LogP) is 0.734. The smallest absolute Gasteiger partial charge is 0.317 e. The lowest BCUT2D eigenvalue weighted by Crippen LogP contribution is -2.46. The number of morpholine rings is 1. The number of aliphatic hydroxyl groups is 1. The first-order chi connectivity index (χ1) is 11.7. The van der Waals surface area contributed by atoms with Crippen molar-refractivity contribution in [1.29, 1.82) is 0 Å². The summed E-state index contributed by atoms with van der Waals surface area (Å²) in [4.78, 5) is 13.6. The maximum Gasteiger partial charge on any atom is 0.317 e. The number of rotatable bonds is 6. The molecule has 0 bridgehead atoms. The van der Waals surface area contributed by atoms with E-state index in [1.54, 1.807) is 11.1 Å². The van der Waals surface area contributed by atoms with E-state index < -0.39 is 6.10 Å². The summed E-state index contributed by atoms with van der Waals surface area (Å²) in [6.07, 6.45) is 1.47. The maximum atomic E-state index is 11.9. The molecule has 2 amide bonds. The number of nitrogens with one attached hydrogen (secondary N) is 2. The summed E-state index contributed by atoms with van der Waals surface area (Å²) in [5, 5.41) is 20.6. The molecule has 24 heavy (non-hydrogen) atoms. The second-order valence-electron chi connectivity index (χ2n) is 5.67. The molecule has 0 spiro atoms. The van der Waals surface area contributed by atoms with E-state index in [9.17, 15) is 9.90 Å². The first kappa shape index (κ1) is 16.5. The molecular formula is C16H22N4O4. The molecule has 2 aromatic rings. The van der Waals surface area contributed by atoms with Crippen molar-refractivity contribution in [2.24, 2.45) is 0 Å². The molecule has 8 nitrogen and oxygen atoms in total. The van der Waals surface area contributed by atoms with Crippen LogP contribution >= 0.6 is 0 Å². The normalized spacial score (nSPS) is 16.1. The molecule has 0 saturated carbocycles. The number of aliphatic hydroxyl groups excluding tert-OH is 1. The Kier molecular flexibility index (Phi) is 5.50. The fourth-order valence-corrected chi connectivity index (χ4v) is 2.56. The first-order valence-electron chi connectivity index (χ1n) is 8.07. The molecule has 1 atom stereocenters. The monoisotopic (exact) mass is 334 g/mol. The molecule has 0 aliphatic carbocycles. The number of urea groups is 1. The number of H-pyrrole nitrogens is 1. The summed E-state index contributed by atoms with van der Waals surface area (Å²) < 4.78 is 10.9. The zero-order valence-electron chi connectivity index (χ0n) is 13.4. The highest BCUT2D eigenvalue weighted by molar-refractivity contribution is 5.84. The number of amides is 2. The zero-order chi connectivity index (χ0) is 16.8. The van der Waals surface area contributed by atoms with E-state index in [0.29, 0.717) is 45.0 Å². The van der Waals surface area contributed by atoms with Crippen molar-refractivity contribution in [3.8, 4) is 5.75 Å². The standard InChI is InChI=1S/C16H22N4O4/c21-12(4-5-17-16(22)20-6-8-23-9-7-20)11-24-15-3-1-2-14-13(15)10-18-19-14/h1-3,10,12,21H,4-9,11H2,(H,17,22)(H,18,19)/t12-/m0/s1. The number of aromatic nitrogens is 2. The Morgan fingerprint density at radius 2 is 2.29 bits per heavy atom. The van der Waals surface area contributed by atoms with Gasteiger partial charge in [-0.05, 0) is 18.6 Å². The number of ether oxygens (including phenoxy) is 2. The number of hydrogen-bond donors (Lipinski definition) is 3. The third-order valence-electron chi connectivity index (χ3n) is 3.93. The molecule has 3 N–H and O–H groups in total. The number of fused-ring (bicyclic) bond motifs is 1. The van der Waals surface area contributed by atoms with Crippen LogP contribution in [0, 0.1) is 0 Å². The third kappa shape index (κ3) is 4.15. The van der Waals surface area contributed by atoms with E-state index in [2.05, 4.69) is 15.5 Å². The first-order valence-corrected chi connectivity index (χ1v) is 8.07. The molecule has 3 rings (SSSR count). The van der Waals surface area contributed by atoms with Crippen molar-refractivity contribution >= 4 is 16.9 Å². The summed E-state index contributed by atoms with van der Waals surface area (Å²) in [6.45, 7) is 2.92. The Bertz CT molecular complexity index is 669. The van der Waals surface area contributed by atoms with Crippen LogP contribution in [-0.4, -0.2) is 71.8 Å². The molecule has 0 unspecified atom stereocenters. The van der Waals surface area contributed by atoms with Crippen molar-refractivity contribution < 1.29 is 19.4 Å². The van der Waals surface area contributed by atoms with Crippen molar-refractivity contribution in [3.05, 3.63) is 24.4 Å². The van der Waals surface area contributed by atoms with Gasteiger partial charge in [0.25, 0.3) is 0 Å². The Labute approximate surface area is 139 Å². The van der Waals surface area contributed by atoms with Crippen LogP contribution in [0.1, 0.15) is 6.42 Å². The van der Waals surface area contributed by atoms with Gasteiger partial charge in [0.05, 0.1) is 36.4 Å². The van der Waals surface area contributed by atoms with Gasteiger partial charge < -0.3 is 24.8 Å².